The molecule has 0 unspecified atom stereocenters. The van der Waals surface area contributed by atoms with Gasteiger partial charge in [-0.15, -0.1) is 0 Å². The number of aliphatic hydroxyl groups is 1. The van der Waals surface area contributed by atoms with E-state index in [1.54, 1.807) is 12.1 Å². The lowest BCUT2D eigenvalue weighted by Crippen LogP contribution is -2.21. The maximum absolute atomic E-state index is 12.3. The highest BCUT2D eigenvalue weighted by molar-refractivity contribution is 5.78. The first-order valence-electron chi connectivity index (χ1n) is 8.70. The summed E-state index contributed by atoms with van der Waals surface area (Å²) >= 11 is 0. The van der Waals surface area contributed by atoms with Crippen LogP contribution in [-0.2, 0) is 0 Å². The quantitative estimate of drug-likeness (QED) is 0.724. The Morgan fingerprint density at radius 3 is 2.41 bits per heavy atom. The Labute approximate surface area is 158 Å². The number of aliphatic hydroxyl groups excluding tert-OH is 1. The van der Waals surface area contributed by atoms with Gasteiger partial charge in [0.2, 0.25) is 0 Å². The van der Waals surface area contributed by atoms with Crippen LogP contribution in [-0.4, -0.2) is 44.4 Å². The van der Waals surface area contributed by atoms with Crippen LogP contribution >= 0.6 is 0 Å². The van der Waals surface area contributed by atoms with Crippen LogP contribution in [0.1, 0.15) is 11.3 Å². The molecule has 0 aliphatic heterocycles. The second-order valence-corrected chi connectivity index (χ2v) is 6.50. The van der Waals surface area contributed by atoms with Gasteiger partial charge in [0.25, 0.3) is 0 Å². The molecule has 0 bridgehead atoms. The maximum atomic E-state index is 12.3. The topological polar surface area (TPSA) is 69.8 Å². The normalized spacial score (nSPS) is 11.3. The summed E-state index contributed by atoms with van der Waals surface area (Å²) in [6, 6.07) is 13.5. The zero-order chi connectivity index (χ0) is 19.4. The Morgan fingerprint density at radius 2 is 1.74 bits per heavy atom. The van der Waals surface area contributed by atoms with E-state index in [0.29, 0.717) is 17.6 Å². The van der Waals surface area contributed by atoms with Crippen LogP contribution < -0.4 is 15.4 Å². The lowest BCUT2D eigenvalue weighted by atomic mass is 10.2. The second kappa shape index (κ2) is 8.05. The number of aromatic nitrogens is 1. The van der Waals surface area contributed by atoms with E-state index in [2.05, 4.69) is 4.98 Å². The largest absolute Gasteiger partial charge is 0.419 e. The van der Waals surface area contributed by atoms with Crippen molar-refractivity contribution in [1.29, 1.82) is 0 Å². The lowest BCUT2D eigenvalue weighted by Gasteiger charge is -2.17. The number of fused-ring (bicyclic) bond motifs is 1. The molecule has 140 valence electrons. The van der Waals surface area contributed by atoms with Gasteiger partial charge in [-0.2, -0.15) is 0 Å². The van der Waals surface area contributed by atoms with Gasteiger partial charge in [-0.3, -0.25) is 0 Å². The van der Waals surface area contributed by atoms with Crippen molar-refractivity contribution in [3.05, 3.63) is 64.1 Å². The Morgan fingerprint density at radius 1 is 1.04 bits per heavy atom. The van der Waals surface area contributed by atoms with Gasteiger partial charge in [0, 0.05) is 45.1 Å². The third-order valence-corrected chi connectivity index (χ3v) is 4.32. The molecule has 6 heteroatoms. The molecular weight excluding hydrogens is 342 g/mol. The molecule has 0 atom stereocenters. The van der Waals surface area contributed by atoms with E-state index in [1.807, 2.05) is 73.4 Å². The minimum atomic E-state index is -0.481. The van der Waals surface area contributed by atoms with Gasteiger partial charge in [-0.1, -0.05) is 18.2 Å². The molecule has 0 saturated carbocycles. The van der Waals surface area contributed by atoms with Gasteiger partial charge in [0.05, 0.1) is 6.61 Å². The molecular formula is C21H23N3O3. The summed E-state index contributed by atoms with van der Waals surface area (Å²) in [7, 11) is 5.84. The zero-order valence-corrected chi connectivity index (χ0v) is 15.7. The number of hydrogen-bond donors (Lipinski definition) is 1. The molecule has 1 heterocycles. The van der Waals surface area contributed by atoms with Gasteiger partial charge in [-0.05, 0) is 35.9 Å². The fourth-order valence-corrected chi connectivity index (χ4v) is 2.69. The van der Waals surface area contributed by atoms with E-state index in [9.17, 15) is 4.79 Å². The first-order chi connectivity index (χ1) is 13.0. The Balaban J connectivity index is 1.87. The molecule has 0 fully saturated rings. The van der Waals surface area contributed by atoms with E-state index in [-0.39, 0.29) is 12.3 Å². The van der Waals surface area contributed by atoms with E-state index in [1.165, 1.54) is 0 Å². The molecule has 0 radical (unpaired) electrons. The molecule has 1 N–H and O–H groups in total. The van der Waals surface area contributed by atoms with Crippen molar-refractivity contribution in [1.82, 2.24) is 4.98 Å². The molecule has 0 saturated heterocycles. The van der Waals surface area contributed by atoms with E-state index in [4.69, 9.17) is 9.52 Å². The highest BCUT2D eigenvalue weighted by Gasteiger charge is 2.08. The van der Waals surface area contributed by atoms with Crippen molar-refractivity contribution in [2.45, 2.75) is 0 Å². The van der Waals surface area contributed by atoms with E-state index >= 15 is 0 Å². The van der Waals surface area contributed by atoms with Crippen molar-refractivity contribution < 1.29 is 9.52 Å². The van der Waals surface area contributed by atoms with Crippen LogP contribution in [0.4, 0.5) is 11.4 Å². The van der Waals surface area contributed by atoms with Crippen LogP contribution in [0.25, 0.3) is 23.3 Å². The standard InChI is InChI=1S/C21H23N3O3/c1-23(2)16-7-4-15(5-8-16)6-10-19-21(26)27-20-14-17(24(3)12-13-25)9-11-18(20)22-19/h4-11,14,25H,12-13H2,1-3H3. The Hall–Kier alpha value is -3.12. The zero-order valence-electron chi connectivity index (χ0n) is 15.7. The fourth-order valence-electron chi connectivity index (χ4n) is 2.69. The third kappa shape index (κ3) is 4.35. The van der Waals surface area contributed by atoms with Gasteiger partial charge in [0.1, 0.15) is 11.2 Å². The third-order valence-electron chi connectivity index (χ3n) is 4.32. The molecule has 0 spiro atoms. The molecule has 27 heavy (non-hydrogen) atoms. The average molecular weight is 365 g/mol. The summed E-state index contributed by atoms with van der Waals surface area (Å²) in [6.45, 7) is 0.548. The van der Waals surface area contributed by atoms with Crippen molar-refractivity contribution in [3.63, 3.8) is 0 Å². The van der Waals surface area contributed by atoms with Crippen molar-refractivity contribution in [2.75, 3.05) is 44.1 Å². The maximum Gasteiger partial charge on any atom is 0.362 e. The van der Waals surface area contributed by atoms with Gasteiger partial charge in [-0.25, -0.2) is 9.78 Å². The second-order valence-electron chi connectivity index (χ2n) is 6.50. The predicted octanol–water partition coefficient (Wildman–Crippen LogP) is 2.85. The minimum absolute atomic E-state index is 0.0516. The van der Waals surface area contributed by atoms with Crippen LogP contribution in [0.2, 0.25) is 0 Å². The minimum Gasteiger partial charge on any atom is -0.419 e. The summed E-state index contributed by atoms with van der Waals surface area (Å²) in [6.07, 6.45) is 3.51. The predicted molar refractivity (Wildman–Crippen MR) is 110 cm³/mol. The van der Waals surface area contributed by atoms with E-state index in [0.717, 1.165) is 16.9 Å². The van der Waals surface area contributed by atoms with Gasteiger partial charge >= 0.3 is 5.63 Å². The first-order valence-corrected chi connectivity index (χ1v) is 8.70. The highest BCUT2D eigenvalue weighted by atomic mass is 16.4. The molecule has 3 rings (SSSR count). The van der Waals surface area contributed by atoms with E-state index < -0.39 is 5.63 Å². The molecule has 3 aromatic rings. The van der Waals surface area contributed by atoms with Gasteiger partial charge in [0.15, 0.2) is 5.58 Å². The summed E-state index contributed by atoms with van der Waals surface area (Å²) in [5.41, 5.74) is 3.75. The highest BCUT2D eigenvalue weighted by Crippen LogP contribution is 2.20. The number of nitrogens with zero attached hydrogens (tertiary/aromatic N) is 3. The Bertz CT molecular complexity index is 1010. The summed E-state index contributed by atoms with van der Waals surface area (Å²) < 4.78 is 5.44. The molecule has 0 aliphatic carbocycles. The SMILES string of the molecule is CN(C)c1ccc(C=Cc2nc3ccc(N(C)CCO)cc3oc2=O)cc1. The van der Waals surface area contributed by atoms with Crippen molar-refractivity contribution >= 4 is 34.6 Å². The van der Waals surface area contributed by atoms with Crippen molar-refractivity contribution in [3.8, 4) is 0 Å². The van der Waals surface area contributed by atoms with Crippen LogP contribution in [0.15, 0.2) is 51.7 Å². The molecule has 2 aromatic carbocycles. The van der Waals surface area contributed by atoms with Crippen LogP contribution in [0, 0.1) is 0 Å². The summed E-state index contributed by atoms with van der Waals surface area (Å²) in [5, 5.41) is 9.05. The van der Waals surface area contributed by atoms with Gasteiger partial charge < -0.3 is 19.3 Å². The number of likely N-dealkylation sites (N-methyl/N-ethyl adjacent to an activating group) is 1. The number of hydrogen-bond acceptors (Lipinski definition) is 6. The first kappa shape index (κ1) is 18.7. The lowest BCUT2D eigenvalue weighted by molar-refractivity contribution is 0.304. The van der Waals surface area contributed by atoms with Crippen molar-refractivity contribution in [2.24, 2.45) is 0 Å². The summed E-state index contributed by atoms with van der Waals surface area (Å²) in [4.78, 5) is 20.6. The number of benzene rings is 2. The van der Waals surface area contributed by atoms with Crippen LogP contribution in [0.5, 0.6) is 0 Å². The molecule has 1 aromatic heterocycles. The molecule has 0 aliphatic rings. The molecule has 0 amide bonds. The summed E-state index contributed by atoms with van der Waals surface area (Å²) in [5.74, 6) is 0. The number of rotatable bonds is 6. The monoisotopic (exact) mass is 365 g/mol. The number of anilines is 2. The smallest absolute Gasteiger partial charge is 0.362 e. The Kier molecular flexibility index (Phi) is 5.57. The fraction of sp³-hybridized carbons (Fsp3) is 0.238. The molecule has 6 nitrogen and oxygen atoms in total. The van der Waals surface area contributed by atoms with Crippen LogP contribution in [0.3, 0.4) is 0 Å². The average Bonchev–Trinajstić information content (AvgIpc) is 2.66.